The maximum absolute atomic E-state index is 12.3. The lowest BCUT2D eigenvalue weighted by atomic mass is 10.2. The third-order valence-corrected chi connectivity index (χ3v) is 4.63. The molecule has 2 aromatic carbocycles. The van der Waals surface area contributed by atoms with Crippen molar-refractivity contribution < 1.29 is 8.42 Å². The second kappa shape index (κ2) is 5.29. The molecular weight excluding hydrogens is 326 g/mol. The lowest BCUT2D eigenvalue weighted by molar-refractivity contribution is 0.601. The van der Waals surface area contributed by atoms with Crippen LogP contribution in [0.15, 0.2) is 41.3 Å². The first-order valence-corrected chi connectivity index (χ1v) is 7.89. The molecule has 0 amide bonds. The van der Waals surface area contributed by atoms with Crippen molar-refractivity contribution in [1.82, 2.24) is 15.4 Å². The standard InChI is InChI=1S/C13H8ClN5O2S/c14-11-6-10(3-1-8(11)7-15)22(20,21)18-9-2-4-12-13(5-9)17-19-16-12/h1-6,18H,(H,16,17,19). The molecule has 110 valence electrons. The van der Waals surface area contributed by atoms with Gasteiger partial charge in [0.25, 0.3) is 10.0 Å². The van der Waals surface area contributed by atoms with Gasteiger partial charge < -0.3 is 0 Å². The number of hydrogen-bond acceptors (Lipinski definition) is 5. The van der Waals surface area contributed by atoms with Gasteiger partial charge >= 0.3 is 0 Å². The van der Waals surface area contributed by atoms with Crippen LogP contribution in [0, 0.1) is 11.3 Å². The number of aromatic nitrogens is 3. The molecule has 0 atom stereocenters. The monoisotopic (exact) mass is 333 g/mol. The average molecular weight is 334 g/mol. The van der Waals surface area contributed by atoms with Gasteiger partial charge in [-0.1, -0.05) is 11.6 Å². The Morgan fingerprint density at radius 1 is 1.14 bits per heavy atom. The van der Waals surface area contributed by atoms with E-state index in [1.165, 1.54) is 18.2 Å². The summed E-state index contributed by atoms with van der Waals surface area (Å²) in [6, 6.07) is 10.6. The molecule has 22 heavy (non-hydrogen) atoms. The molecular formula is C13H8ClN5O2S. The minimum Gasteiger partial charge on any atom is -0.280 e. The van der Waals surface area contributed by atoms with Crippen LogP contribution in [0.5, 0.6) is 0 Å². The van der Waals surface area contributed by atoms with Crippen molar-refractivity contribution >= 4 is 38.3 Å². The van der Waals surface area contributed by atoms with Crippen LogP contribution >= 0.6 is 11.6 Å². The zero-order valence-corrected chi connectivity index (χ0v) is 12.5. The number of nitrogens with zero attached hydrogens (tertiary/aromatic N) is 3. The lowest BCUT2D eigenvalue weighted by Gasteiger charge is -2.08. The van der Waals surface area contributed by atoms with Crippen molar-refractivity contribution in [3.63, 3.8) is 0 Å². The first-order valence-electron chi connectivity index (χ1n) is 6.02. The highest BCUT2D eigenvalue weighted by molar-refractivity contribution is 7.92. The van der Waals surface area contributed by atoms with E-state index in [-0.39, 0.29) is 15.5 Å². The first kappa shape index (κ1) is 14.3. The Morgan fingerprint density at radius 2 is 1.91 bits per heavy atom. The Hall–Kier alpha value is -2.63. The minimum absolute atomic E-state index is 0.0308. The number of H-pyrrole nitrogens is 1. The largest absolute Gasteiger partial charge is 0.280 e. The minimum atomic E-state index is -3.81. The summed E-state index contributed by atoms with van der Waals surface area (Å²) in [7, 11) is -3.81. The van der Waals surface area contributed by atoms with Crippen LogP contribution in [-0.2, 0) is 10.0 Å². The van der Waals surface area contributed by atoms with Gasteiger partial charge in [0, 0.05) is 0 Å². The van der Waals surface area contributed by atoms with Gasteiger partial charge in [-0.05, 0) is 36.4 Å². The smallest absolute Gasteiger partial charge is 0.261 e. The lowest BCUT2D eigenvalue weighted by Crippen LogP contribution is -2.13. The van der Waals surface area contributed by atoms with Crippen molar-refractivity contribution in [2.75, 3.05) is 4.72 Å². The second-order valence-corrected chi connectivity index (χ2v) is 6.48. The number of hydrogen-bond donors (Lipinski definition) is 2. The van der Waals surface area contributed by atoms with E-state index in [1.54, 1.807) is 18.2 Å². The van der Waals surface area contributed by atoms with E-state index >= 15 is 0 Å². The fraction of sp³-hybridized carbons (Fsp3) is 0. The fourth-order valence-electron chi connectivity index (χ4n) is 1.87. The normalized spacial score (nSPS) is 11.3. The van der Waals surface area contributed by atoms with E-state index in [0.29, 0.717) is 16.7 Å². The molecule has 3 rings (SSSR count). The number of nitriles is 1. The molecule has 2 N–H and O–H groups in total. The highest BCUT2D eigenvalue weighted by Crippen LogP contribution is 2.23. The Kier molecular flexibility index (Phi) is 3.44. The van der Waals surface area contributed by atoms with Gasteiger partial charge in [-0.25, -0.2) is 8.42 Å². The quantitative estimate of drug-likeness (QED) is 0.763. The van der Waals surface area contributed by atoms with Gasteiger partial charge in [-0.3, -0.25) is 4.72 Å². The van der Waals surface area contributed by atoms with Crippen LogP contribution < -0.4 is 4.72 Å². The molecule has 0 saturated heterocycles. The summed E-state index contributed by atoms with van der Waals surface area (Å²) in [6.07, 6.45) is 0. The summed E-state index contributed by atoms with van der Waals surface area (Å²) < 4.78 is 27.1. The maximum atomic E-state index is 12.3. The number of fused-ring (bicyclic) bond motifs is 1. The number of rotatable bonds is 3. The number of sulfonamides is 1. The summed E-state index contributed by atoms with van der Waals surface area (Å²) in [5.41, 5.74) is 1.73. The molecule has 7 nitrogen and oxygen atoms in total. The SMILES string of the molecule is N#Cc1ccc(S(=O)(=O)Nc2ccc3n[nH]nc3c2)cc1Cl. The molecule has 0 aliphatic heterocycles. The van der Waals surface area contributed by atoms with E-state index in [2.05, 4.69) is 20.1 Å². The summed E-state index contributed by atoms with van der Waals surface area (Å²) in [4.78, 5) is -0.0308. The number of benzene rings is 2. The molecule has 0 aliphatic carbocycles. The zero-order chi connectivity index (χ0) is 15.7. The van der Waals surface area contributed by atoms with Crippen molar-refractivity contribution in [2.24, 2.45) is 0 Å². The molecule has 0 aliphatic rings. The van der Waals surface area contributed by atoms with Crippen molar-refractivity contribution in [2.45, 2.75) is 4.90 Å². The number of anilines is 1. The average Bonchev–Trinajstić information content (AvgIpc) is 2.94. The maximum Gasteiger partial charge on any atom is 0.261 e. The van der Waals surface area contributed by atoms with Crippen molar-refractivity contribution in [1.29, 1.82) is 5.26 Å². The Bertz CT molecular complexity index is 1010. The van der Waals surface area contributed by atoms with Gasteiger partial charge in [-0.15, -0.1) is 0 Å². The van der Waals surface area contributed by atoms with E-state index in [4.69, 9.17) is 16.9 Å². The van der Waals surface area contributed by atoms with Gasteiger partial charge in [0.05, 0.1) is 21.2 Å². The van der Waals surface area contributed by atoms with E-state index in [0.717, 1.165) is 0 Å². The predicted octanol–water partition coefficient (Wildman–Crippen LogP) is 2.28. The third kappa shape index (κ3) is 2.59. The molecule has 0 fully saturated rings. The Labute approximate surface area is 130 Å². The fourth-order valence-corrected chi connectivity index (χ4v) is 3.23. The molecule has 0 radical (unpaired) electrons. The van der Waals surface area contributed by atoms with Gasteiger partial charge in [0.1, 0.15) is 17.1 Å². The molecule has 0 spiro atoms. The first-order chi connectivity index (χ1) is 10.5. The van der Waals surface area contributed by atoms with Crippen LogP contribution in [0.25, 0.3) is 11.0 Å². The number of nitrogens with one attached hydrogen (secondary N) is 2. The summed E-state index contributed by atoms with van der Waals surface area (Å²) in [6.45, 7) is 0. The van der Waals surface area contributed by atoms with Crippen LogP contribution in [0.2, 0.25) is 5.02 Å². The van der Waals surface area contributed by atoms with Crippen LogP contribution in [0.4, 0.5) is 5.69 Å². The Morgan fingerprint density at radius 3 is 2.64 bits per heavy atom. The molecule has 0 bridgehead atoms. The van der Waals surface area contributed by atoms with Crippen LogP contribution in [0.1, 0.15) is 5.56 Å². The molecule has 0 unspecified atom stereocenters. The zero-order valence-electron chi connectivity index (χ0n) is 10.9. The second-order valence-electron chi connectivity index (χ2n) is 4.39. The molecule has 0 saturated carbocycles. The van der Waals surface area contributed by atoms with E-state index in [1.807, 2.05) is 6.07 Å². The van der Waals surface area contributed by atoms with Crippen molar-refractivity contribution in [3.8, 4) is 6.07 Å². The molecule has 9 heteroatoms. The van der Waals surface area contributed by atoms with Gasteiger partial charge in [-0.2, -0.15) is 20.7 Å². The number of aromatic amines is 1. The highest BCUT2D eigenvalue weighted by Gasteiger charge is 2.16. The summed E-state index contributed by atoms with van der Waals surface area (Å²) >= 11 is 5.86. The van der Waals surface area contributed by atoms with E-state index < -0.39 is 10.0 Å². The topological polar surface area (TPSA) is 112 Å². The molecule has 3 aromatic rings. The van der Waals surface area contributed by atoms with Gasteiger partial charge in [0.15, 0.2) is 0 Å². The van der Waals surface area contributed by atoms with Crippen LogP contribution in [0.3, 0.4) is 0 Å². The summed E-state index contributed by atoms with van der Waals surface area (Å²) in [5.74, 6) is 0. The van der Waals surface area contributed by atoms with Crippen molar-refractivity contribution in [3.05, 3.63) is 47.0 Å². The van der Waals surface area contributed by atoms with E-state index in [9.17, 15) is 8.42 Å². The van der Waals surface area contributed by atoms with Gasteiger partial charge in [0.2, 0.25) is 0 Å². The Balaban J connectivity index is 1.96. The number of halogens is 1. The molecule has 1 heterocycles. The summed E-state index contributed by atoms with van der Waals surface area (Å²) in [5, 5.41) is 19.1. The predicted molar refractivity (Wildman–Crippen MR) is 80.9 cm³/mol. The van der Waals surface area contributed by atoms with Crippen LogP contribution in [-0.4, -0.2) is 23.8 Å². The third-order valence-electron chi connectivity index (χ3n) is 2.94. The molecule has 1 aromatic heterocycles. The highest BCUT2D eigenvalue weighted by atomic mass is 35.5.